The lowest BCUT2D eigenvalue weighted by Crippen LogP contribution is -2.44. The monoisotopic (exact) mass is 359 g/mol. The molecule has 1 aromatic rings. The van der Waals surface area contributed by atoms with Gasteiger partial charge in [0.15, 0.2) is 0 Å². The van der Waals surface area contributed by atoms with Gasteiger partial charge in [-0.15, -0.1) is 0 Å². The molecule has 0 radical (unpaired) electrons. The van der Waals surface area contributed by atoms with E-state index < -0.39 is 0 Å². The van der Waals surface area contributed by atoms with E-state index in [1.54, 1.807) is 0 Å². The van der Waals surface area contributed by atoms with E-state index in [2.05, 4.69) is 4.90 Å². The number of carbonyl (C=O) groups is 1. The first kappa shape index (κ1) is 17.5. The van der Waals surface area contributed by atoms with Gasteiger partial charge >= 0.3 is 0 Å². The van der Waals surface area contributed by atoms with Crippen LogP contribution in [-0.2, 0) is 17.8 Å². The molecule has 3 heterocycles. The van der Waals surface area contributed by atoms with Crippen LogP contribution in [0.4, 0.5) is 11.8 Å². The summed E-state index contributed by atoms with van der Waals surface area (Å²) >= 11 is 0. The molecule has 1 aliphatic carbocycles. The van der Waals surface area contributed by atoms with Gasteiger partial charge in [0, 0.05) is 51.6 Å². The van der Waals surface area contributed by atoms with Crippen molar-refractivity contribution in [1.29, 1.82) is 0 Å². The highest BCUT2D eigenvalue weighted by Gasteiger charge is 2.34. The molecule has 7 heteroatoms. The zero-order valence-corrected chi connectivity index (χ0v) is 15.8. The summed E-state index contributed by atoms with van der Waals surface area (Å²) in [7, 11) is 3.92. The van der Waals surface area contributed by atoms with Gasteiger partial charge in [-0.3, -0.25) is 4.79 Å². The molecule has 1 aromatic heterocycles. The first-order chi connectivity index (χ1) is 12.5. The summed E-state index contributed by atoms with van der Waals surface area (Å²) in [6, 6.07) is 0. The molecule has 2 fully saturated rings. The number of aliphatic hydroxyl groups excluding tert-OH is 1. The Morgan fingerprint density at radius 1 is 1.12 bits per heavy atom. The highest BCUT2D eigenvalue weighted by molar-refractivity contribution is 5.80. The molecular formula is C19H29N5O2. The van der Waals surface area contributed by atoms with Crippen LogP contribution in [0.1, 0.15) is 43.4 Å². The second-order valence-corrected chi connectivity index (χ2v) is 8.02. The molecule has 0 atom stereocenters. The summed E-state index contributed by atoms with van der Waals surface area (Å²) in [5, 5.41) is 9.84. The Morgan fingerprint density at radius 3 is 2.46 bits per heavy atom. The lowest BCUT2D eigenvalue weighted by Gasteiger charge is -2.38. The lowest BCUT2D eigenvalue weighted by atomic mass is 9.84. The van der Waals surface area contributed by atoms with Crippen molar-refractivity contribution < 1.29 is 9.90 Å². The smallest absolute Gasteiger partial charge is 0.227 e. The predicted octanol–water partition coefficient (Wildman–Crippen LogP) is 1.19. The number of carbonyl (C=O) groups excluding carboxylic acids is 1. The van der Waals surface area contributed by atoms with Crippen molar-refractivity contribution in [3.05, 3.63) is 11.3 Å². The van der Waals surface area contributed by atoms with Gasteiger partial charge in [0.05, 0.1) is 18.3 Å². The number of amides is 1. The van der Waals surface area contributed by atoms with Crippen molar-refractivity contribution in [1.82, 2.24) is 14.9 Å². The lowest BCUT2D eigenvalue weighted by molar-refractivity contribution is -0.139. The second-order valence-electron chi connectivity index (χ2n) is 8.02. The fourth-order valence-electron chi connectivity index (χ4n) is 4.02. The molecule has 0 unspecified atom stereocenters. The number of aromatic nitrogens is 2. The van der Waals surface area contributed by atoms with Gasteiger partial charge in [0.25, 0.3) is 0 Å². The maximum Gasteiger partial charge on any atom is 0.227 e. The molecule has 2 aliphatic heterocycles. The minimum absolute atomic E-state index is 0.214. The highest BCUT2D eigenvalue weighted by atomic mass is 16.3. The van der Waals surface area contributed by atoms with Crippen LogP contribution in [0.25, 0.3) is 0 Å². The number of fused-ring (bicyclic) bond motifs is 1. The van der Waals surface area contributed by atoms with Crippen LogP contribution in [0.2, 0.25) is 0 Å². The Hall–Kier alpha value is -1.89. The summed E-state index contributed by atoms with van der Waals surface area (Å²) in [5.41, 5.74) is 2.17. The number of nitrogens with zero attached hydrogens (tertiary/aromatic N) is 5. The topological polar surface area (TPSA) is 72.8 Å². The largest absolute Gasteiger partial charge is 0.393 e. The molecular weight excluding hydrogens is 330 g/mol. The van der Waals surface area contributed by atoms with Crippen LogP contribution in [0.5, 0.6) is 0 Å². The summed E-state index contributed by atoms with van der Waals surface area (Å²) in [6.07, 6.45) is 5.36. The van der Waals surface area contributed by atoms with Crippen LogP contribution in [-0.4, -0.2) is 65.7 Å². The molecule has 4 rings (SSSR count). The molecule has 0 bridgehead atoms. The summed E-state index contributed by atoms with van der Waals surface area (Å²) < 4.78 is 0. The maximum atomic E-state index is 12.7. The van der Waals surface area contributed by atoms with E-state index in [1.165, 1.54) is 6.42 Å². The Bertz CT molecular complexity index is 681. The van der Waals surface area contributed by atoms with Gasteiger partial charge in [-0.2, -0.15) is 4.98 Å². The van der Waals surface area contributed by atoms with Gasteiger partial charge in [-0.05, 0) is 25.7 Å². The van der Waals surface area contributed by atoms with Crippen LogP contribution in [0.3, 0.4) is 0 Å². The molecule has 1 amide bonds. The van der Waals surface area contributed by atoms with Gasteiger partial charge in [-0.25, -0.2) is 4.98 Å². The van der Waals surface area contributed by atoms with Crippen molar-refractivity contribution in [3.8, 4) is 0 Å². The van der Waals surface area contributed by atoms with E-state index in [1.807, 2.05) is 23.9 Å². The number of hydrogen-bond acceptors (Lipinski definition) is 6. The van der Waals surface area contributed by atoms with Crippen LogP contribution in [0.15, 0.2) is 0 Å². The third kappa shape index (κ3) is 3.24. The Morgan fingerprint density at radius 2 is 1.85 bits per heavy atom. The number of anilines is 2. The summed E-state index contributed by atoms with van der Waals surface area (Å²) in [6.45, 7) is 2.97. The quantitative estimate of drug-likeness (QED) is 0.874. The number of hydrogen-bond donors (Lipinski definition) is 1. The molecule has 7 nitrogen and oxygen atoms in total. The van der Waals surface area contributed by atoms with E-state index in [4.69, 9.17) is 9.97 Å². The zero-order chi connectivity index (χ0) is 18.3. The predicted molar refractivity (Wildman–Crippen MR) is 100 cm³/mol. The van der Waals surface area contributed by atoms with Gasteiger partial charge in [0.2, 0.25) is 11.9 Å². The van der Waals surface area contributed by atoms with Crippen molar-refractivity contribution in [3.63, 3.8) is 0 Å². The Labute approximate surface area is 155 Å². The van der Waals surface area contributed by atoms with Crippen molar-refractivity contribution >= 4 is 17.7 Å². The number of rotatable bonds is 3. The van der Waals surface area contributed by atoms with Crippen LogP contribution < -0.4 is 9.80 Å². The molecule has 0 aromatic carbocycles. The van der Waals surface area contributed by atoms with E-state index in [0.717, 1.165) is 74.8 Å². The molecule has 1 saturated heterocycles. The van der Waals surface area contributed by atoms with E-state index in [0.29, 0.717) is 12.5 Å². The average Bonchev–Trinajstić information content (AvgIpc) is 2.59. The van der Waals surface area contributed by atoms with E-state index in [-0.39, 0.29) is 12.0 Å². The second kappa shape index (κ2) is 7.02. The maximum absolute atomic E-state index is 12.7. The highest BCUT2D eigenvalue weighted by Crippen LogP contribution is 2.33. The molecule has 142 valence electrons. The van der Waals surface area contributed by atoms with Crippen molar-refractivity contribution in [2.24, 2.45) is 5.92 Å². The zero-order valence-electron chi connectivity index (χ0n) is 15.8. The Kier molecular flexibility index (Phi) is 4.73. The van der Waals surface area contributed by atoms with Gasteiger partial charge < -0.3 is 19.8 Å². The normalized spacial score (nSPS) is 21.3. The molecule has 3 aliphatic rings. The fraction of sp³-hybridized carbons (Fsp3) is 0.737. The summed E-state index contributed by atoms with van der Waals surface area (Å²) in [5.74, 6) is 2.21. The minimum Gasteiger partial charge on any atom is -0.393 e. The van der Waals surface area contributed by atoms with Crippen LogP contribution in [0, 0.1) is 5.92 Å². The van der Waals surface area contributed by atoms with Gasteiger partial charge in [0.1, 0.15) is 5.82 Å². The van der Waals surface area contributed by atoms with Crippen molar-refractivity contribution in [2.75, 3.05) is 43.5 Å². The average molecular weight is 359 g/mol. The third-order valence-corrected chi connectivity index (χ3v) is 5.96. The third-order valence-electron chi connectivity index (χ3n) is 5.96. The number of piperidine rings is 1. The number of aliphatic hydroxyl groups is 1. The molecule has 1 saturated carbocycles. The van der Waals surface area contributed by atoms with Crippen molar-refractivity contribution in [2.45, 2.75) is 51.2 Å². The minimum atomic E-state index is -0.214. The first-order valence-corrected chi connectivity index (χ1v) is 9.82. The van der Waals surface area contributed by atoms with E-state index >= 15 is 0 Å². The molecule has 26 heavy (non-hydrogen) atoms. The SMILES string of the molecule is CN(C)c1nc2c(c(N3CCC(O)CC3)n1)CN(C(=O)C1CCC1)CC2. The fourth-order valence-corrected chi connectivity index (χ4v) is 4.02. The summed E-state index contributed by atoms with van der Waals surface area (Å²) in [4.78, 5) is 28.5. The molecule has 0 spiro atoms. The standard InChI is InChI=1S/C19H29N5O2/c1-22(2)19-20-16-8-11-24(18(26)13-4-3-5-13)12-15(16)17(21-19)23-9-6-14(25)7-10-23/h13-14,25H,3-12H2,1-2H3. The Balaban J connectivity index is 1.64. The van der Waals surface area contributed by atoms with Gasteiger partial charge in [-0.1, -0.05) is 6.42 Å². The van der Waals surface area contributed by atoms with Crippen LogP contribution >= 0.6 is 0 Å². The first-order valence-electron chi connectivity index (χ1n) is 9.82. The molecule has 1 N–H and O–H groups in total. The van der Waals surface area contributed by atoms with E-state index in [9.17, 15) is 9.90 Å².